The van der Waals surface area contributed by atoms with Crippen molar-refractivity contribution in [2.75, 3.05) is 0 Å². The van der Waals surface area contributed by atoms with Crippen molar-refractivity contribution in [3.8, 4) is 0 Å². The largest absolute Gasteiger partial charge is 0.351 e. The van der Waals surface area contributed by atoms with Crippen LogP contribution in [0.15, 0.2) is 18.2 Å². The fourth-order valence-electron chi connectivity index (χ4n) is 1.47. The minimum atomic E-state index is -0.923. The number of hydrogen-bond acceptors (Lipinski definition) is 2. The van der Waals surface area contributed by atoms with Crippen LogP contribution in [0.1, 0.15) is 25.8 Å². The molecule has 0 spiro atoms. The summed E-state index contributed by atoms with van der Waals surface area (Å²) in [6.07, 6.45) is 0.805. The molecule has 1 aromatic carbocycles. The first kappa shape index (κ1) is 14.6. The molecular weight excluding hydrogens is 238 g/mol. The van der Waals surface area contributed by atoms with Crippen LogP contribution in [-0.4, -0.2) is 11.9 Å². The molecule has 0 saturated heterocycles. The highest BCUT2D eigenvalue weighted by molar-refractivity contribution is 5.81. The van der Waals surface area contributed by atoms with Gasteiger partial charge in [0.25, 0.3) is 0 Å². The Labute approximate surface area is 105 Å². The molecule has 3 nitrogen and oxygen atoms in total. The second kappa shape index (κ2) is 6.44. The zero-order valence-corrected chi connectivity index (χ0v) is 10.5. The smallest absolute Gasteiger partial charge is 0.237 e. The molecule has 0 heterocycles. The van der Waals surface area contributed by atoms with Gasteiger partial charge in [0.05, 0.1) is 6.04 Å². The molecule has 1 rings (SSSR count). The lowest BCUT2D eigenvalue weighted by Crippen LogP contribution is -2.44. The van der Waals surface area contributed by atoms with Crippen LogP contribution >= 0.6 is 0 Å². The number of nitrogens with two attached hydrogens (primary N) is 1. The van der Waals surface area contributed by atoms with Crippen molar-refractivity contribution in [1.82, 2.24) is 5.32 Å². The van der Waals surface area contributed by atoms with E-state index in [1.165, 1.54) is 6.07 Å². The van der Waals surface area contributed by atoms with E-state index in [0.29, 0.717) is 5.56 Å². The molecule has 0 aliphatic heterocycles. The van der Waals surface area contributed by atoms with Crippen molar-refractivity contribution in [3.05, 3.63) is 35.4 Å². The number of rotatable bonds is 5. The molecule has 0 aliphatic rings. The normalized spacial score (nSPS) is 14.1. The molecule has 1 amide bonds. The van der Waals surface area contributed by atoms with Gasteiger partial charge in [-0.3, -0.25) is 4.79 Å². The van der Waals surface area contributed by atoms with Crippen LogP contribution in [-0.2, 0) is 11.3 Å². The van der Waals surface area contributed by atoms with Gasteiger partial charge in [-0.15, -0.1) is 0 Å². The summed E-state index contributed by atoms with van der Waals surface area (Å²) in [5.74, 6) is -2.03. The van der Waals surface area contributed by atoms with E-state index in [1.54, 1.807) is 0 Å². The van der Waals surface area contributed by atoms with E-state index in [1.807, 2.05) is 13.8 Å². The summed E-state index contributed by atoms with van der Waals surface area (Å²) in [6.45, 7) is 3.98. The second-order valence-corrected chi connectivity index (χ2v) is 4.38. The lowest BCUT2D eigenvalue weighted by molar-refractivity contribution is -0.123. The molecule has 1 aromatic rings. The SMILES string of the molecule is CCC(C)[C@H](N)C(=O)NCc1ccc(F)c(F)c1. The van der Waals surface area contributed by atoms with Gasteiger partial charge in [-0.1, -0.05) is 26.3 Å². The second-order valence-electron chi connectivity index (χ2n) is 4.38. The molecule has 100 valence electrons. The maximum atomic E-state index is 12.9. The molecule has 0 fully saturated rings. The first-order valence-corrected chi connectivity index (χ1v) is 5.93. The van der Waals surface area contributed by atoms with Gasteiger partial charge < -0.3 is 11.1 Å². The third-order valence-electron chi connectivity index (χ3n) is 3.01. The number of halogens is 2. The van der Waals surface area contributed by atoms with Gasteiger partial charge in [-0.05, 0) is 23.6 Å². The van der Waals surface area contributed by atoms with E-state index in [4.69, 9.17) is 5.73 Å². The van der Waals surface area contributed by atoms with E-state index in [0.717, 1.165) is 18.6 Å². The number of amides is 1. The molecule has 0 bridgehead atoms. The van der Waals surface area contributed by atoms with Gasteiger partial charge in [0, 0.05) is 6.54 Å². The first-order valence-electron chi connectivity index (χ1n) is 5.93. The summed E-state index contributed by atoms with van der Waals surface area (Å²) in [6, 6.07) is 2.93. The maximum Gasteiger partial charge on any atom is 0.237 e. The van der Waals surface area contributed by atoms with Crippen molar-refractivity contribution >= 4 is 5.91 Å². The fourth-order valence-corrected chi connectivity index (χ4v) is 1.47. The molecule has 0 saturated carbocycles. The van der Waals surface area contributed by atoms with E-state index in [-0.39, 0.29) is 18.4 Å². The molecule has 0 aliphatic carbocycles. The van der Waals surface area contributed by atoms with Crippen molar-refractivity contribution < 1.29 is 13.6 Å². The summed E-state index contributed by atoms with van der Waals surface area (Å²) in [5, 5.41) is 2.61. The first-order chi connectivity index (χ1) is 8.45. The number of carbonyl (C=O) groups excluding carboxylic acids is 1. The van der Waals surface area contributed by atoms with E-state index in [2.05, 4.69) is 5.32 Å². The van der Waals surface area contributed by atoms with Gasteiger partial charge >= 0.3 is 0 Å². The van der Waals surface area contributed by atoms with E-state index in [9.17, 15) is 13.6 Å². The zero-order valence-electron chi connectivity index (χ0n) is 10.5. The quantitative estimate of drug-likeness (QED) is 0.846. The molecule has 0 radical (unpaired) electrons. The van der Waals surface area contributed by atoms with Crippen molar-refractivity contribution in [3.63, 3.8) is 0 Å². The predicted molar refractivity (Wildman–Crippen MR) is 65.6 cm³/mol. The van der Waals surface area contributed by atoms with Crippen molar-refractivity contribution in [2.45, 2.75) is 32.9 Å². The highest BCUT2D eigenvalue weighted by Gasteiger charge is 2.18. The number of benzene rings is 1. The van der Waals surface area contributed by atoms with Gasteiger partial charge in [-0.2, -0.15) is 0 Å². The van der Waals surface area contributed by atoms with Crippen LogP contribution in [0.25, 0.3) is 0 Å². The standard InChI is InChI=1S/C13H18F2N2O/c1-3-8(2)12(16)13(18)17-7-9-4-5-10(14)11(15)6-9/h4-6,8,12H,3,7,16H2,1-2H3,(H,17,18)/t8?,12-/m0/s1. The van der Waals surface area contributed by atoms with Crippen LogP contribution in [0.3, 0.4) is 0 Å². The lowest BCUT2D eigenvalue weighted by Gasteiger charge is -2.17. The molecule has 2 atom stereocenters. The van der Waals surface area contributed by atoms with Gasteiger partial charge in [0.2, 0.25) is 5.91 Å². The van der Waals surface area contributed by atoms with E-state index >= 15 is 0 Å². The Kier molecular flexibility index (Phi) is 5.22. The fraction of sp³-hybridized carbons (Fsp3) is 0.462. The lowest BCUT2D eigenvalue weighted by atomic mass is 9.99. The molecule has 3 N–H and O–H groups in total. The van der Waals surface area contributed by atoms with Gasteiger partial charge in [0.1, 0.15) is 0 Å². The summed E-state index contributed by atoms with van der Waals surface area (Å²) in [4.78, 5) is 11.7. The highest BCUT2D eigenvalue weighted by Crippen LogP contribution is 2.09. The Morgan fingerprint density at radius 3 is 2.61 bits per heavy atom. The summed E-state index contributed by atoms with van der Waals surface area (Å²) in [7, 11) is 0. The van der Waals surface area contributed by atoms with Crippen LogP contribution in [0, 0.1) is 17.6 Å². The number of nitrogens with one attached hydrogen (secondary N) is 1. The highest BCUT2D eigenvalue weighted by atomic mass is 19.2. The summed E-state index contributed by atoms with van der Waals surface area (Å²) in [5.41, 5.74) is 6.24. The topological polar surface area (TPSA) is 55.1 Å². The zero-order chi connectivity index (χ0) is 13.7. The molecule has 0 aromatic heterocycles. The Morgan fingerprint density at radius 1 is 1.39 bits per heavy atom. The molecular formula is C13H18F2N2O. The predicted octanol–water partition coefficient (Wildman–Crippen LogP) is 1.95. The van der Waals surface area contributed by atoms with Crippen LogP contribution < -0.4 is 11.1 Å². The summed E-state index contributed by atoms with van der Waals surface area (Å²) >= 11 is 0. The van der Waals surface area contributed by atoms with Crippen molar-refractivity contribution in [2.24, 2.45) is 11.7 Å². The Hall–Kier alpha value is -1.49. The number of hydrogen-bond donors (Lipinski definition) is 2. The van der Waals surface area contributed by atoms with Gasteiger partial charge in [-0.25, -0.2) is 8.78 Å². The van der Waals surface area contributed by atoms with Crippen molar-refractivity contribution in [1.29, 1.82) is 0 Å². The van der Waals surface area contributed by atoms with Crippen LogP contribution in [0.5, 0.6) is 0 Å². The average Bonchev–Trinajstić information content (AvgIpc) is 2.37. The minimum Gasteiger partial charge on any atom is -0.351 e. The van der Waals surface area contributed by atoms with E-state index < -0.39 is 17.7 Å². The third-order valence-corrected chi connectivity index (χ3v) is 3.01. The average molecular weight is 256 g/mol. The Balaban J connectivity index is 2.54. The maximum absolute atomic E-state index is 12.9. The van der Waals surface area contributed by atoms with Crippen LogP contribution in [0.4, 0.5) is 8.78 Å². The molecule has 1 unspecified atom stereocenters. The monoisotopic (exact) mass is 256 g/mol. The molecule has 18 heavy (non-hydrogen) atoms. The Bertz CT molecular complexity index is 423. The molecule has 5 heteroatoms. The minimum absolute atomic E-state index is 0.0787. The number of carbonyl (C=O) groups is 1. The van der Waals surface area contributed by atoms with Gasteiger partial charge in [0.15, 0.2) is 11.6 Å². The van der Waals surface area contributed by atoms with Crippen LogP contribution in [0.2, 0.25) is 0 Å². The third kappa shape index (κ3) is 3.77. The summed E-state index contributed by atoms with van der Waals surface area (Å²) < 4.78 is 25.6. The Morgan fingerprint density at radius 2 is 2.06 bits per heavy atom.